The molecule has 0 radical (unpaired) electrons. The third kappa shape index (κ3) is 3.05. The highest BCUT2D eigenvalue weighted by Gasteiger charge is 2.34. The molecule has 3 nitrogen and oxygen atoms in total. The zero-order chi connectivity index (χ0) is 20.1. The summed E-state index contributed by atoms with van der Waals surface area (Å²) >= 11 is 0. The fraction of sp³-hybridized carbons (Fsp3) is 0.182. The maximum Gasteiger partial charge on any atom is 0.416 e. The quantitative estimate of drug-likeness (QED) is 0.439. The zero-order valence-electron chi connectivity index (χ0n) is 15.7. The number of benzene rings is 2. The highest BCUT2D eigenvalue weighted by molar-refractivity contribution is 5.81. The van der Waals surface area contributed by atoms with Crippen LogP contribution in [0.4, 0.5) is 13.2 Å². The number of alkyl halides is 3. The molecule has 0 unspecified atom stereocenters. The molecule has 2 aromatic heterocycles. The van der Waals surface area contributed by atoms with Gasteiger partial charge < -0.3 is 0 Å². The molecule has 0 spiro atoms. The van der Waals surface area contributed by atoms with Gasteiger partial charge in [0.1, 0.15) is 0 Å². The Hall–Kier alpha value is -3.15. The lowest BCUT2D eigenvalue weighted by Crippen LogP contribution is -2.35. The molecule has 0 aliphatic rings. The summed E-state index contributed by atoms with van der Waals surface area (Å²) in [4.78, 5) is 0. The van der Waals surface area contributed by atoms with Crippen LogP contribution < -0.4 is 4.57 Å². The van der Waals surface area contributed by atoms with Gasteiger partial charge in [-0.15, -0.1) is 0 Å². The molecule has 6 heteroatoms. The van der Waals surface area contributed by atoms with Gasteiger partial charge >= 0.3 is 6.18 Å². The molecule has 0 fully saturated rings. The van der Waals surface area contributed by atoms with Crippen molar-refractivity contribution in [2.24, 2.45) is 7.05 Å². The van der Waals surface area contributed by atoms with E-state index in [1.54, 1.807) is 24.0 Å². The van der Waals surface area contributed by atoms with E-state index in [2.05, 4.69) is 5.10 Å². The monoisotopic (exact) mass is 382 g/mol. The van der Waals surface area contributed by atoms with E-state index in [4.69, 9.17) is 0 Å². The maximum atomic E-state index is 13.7. The smallest absolute Gasteiger partial charge is 0.268 e. The summed E-state index contributed by atoms with van der Waals surface area (Å²) in [5.74, 6) is 0. The van der Waals surface area contributed by atoms with Crippen LogP contribution in [0.25, 0.3) is 27.7 Å². The van der Waals surface area contributed by atoms with E-state index in [0.717, 1.165) is 22.0 Å². The van der Waals surface area contributed by atoms with Gasteiger partial charge in [0.2, 0.25) is 5.69 Å². The lowest BCUT2D eigenvalue weighted by atomic mass is 9.99. The molecule has 142 valence electrons. The lowest BCUT2D eigenvalue weighted by Gasteiger charge is -2.14. The number of aromatic nitrogens is 3. The largest absolute Gasteiger partial charge is 0.416 e. The molecule has 4 aromatic rings. The first-order chi connectivity index (χ1) is 13.3. The number of aryl methyl sites for hydroxylation is 2. The first-order valence-corrected chi connectivity index (χ1v) is 8.87. The number of pyridine rings is 1. The molecule has 0 amide bonds. The van der Waals surface area contributed by atoms with Crippen LogP contribution in [-0.4, -0.2) is 9.78 Å². The highest BCUT2D eigenvalue weighted by atomic mass is 19.4. The molecule has 4 rings (SSSR count). The molecule has 0 bridgehead atoms. The number of halogens is 3. The molecule has 0 saturated heterocycles. The van der Waals surface area contributed by atoms with Crippen molar-refractivity contribution in [1.29, 1.82) is 0 Å². The lowest BCUT2D eigenvalue weighted by molar-refractivity contribution is -0.601. The van der Waals surface area contributed by atoms with Crippen molar-refractivity contribution < 1.29 is 17.7 Å². The minimum atomic E-state index is -4.44. The summed E-state index contributed by atoms with van der Waals surface area (Å²) < 4.78 is 44.4. The number of rotatable bonds is 2. The molecular weight excluding hydrogens is 363 g/mol. The fourth-order valence-electron chi connectivity index (χ4n) is 3.57. The fourth-order valence-corrected chi connectivity index (χ4v) is 3.57. The van der Waals surface area contributed by atoms with Crippen molar-refractivity contribution in [3.63, 3.8) is 0 Å². The average molecular weight is 382 g/mol. The Morgan fingerprint density at radius 2 is 1.68 bits per heavy atom. The topological polar surface area (TPSA) is 21.7 Å². The van der Waals surface area contributed by atoms with Gasteiger partial charge in [-0.2, -0.15) is 22.8 Å². The number of nitrogens with zero attached hydrogens (tertiary/aromatic N) is 3. The molecule has 0 saturated carbocycles. The highest BCUT2D eigenvalue weighted by Crippen LogP contribution is 2.36. The minimum absolute atomic E-state index is 0.509. The van der Waals surface area contributed by atoms with Gasteiger partial charge in [0, 0.05) is 48.8 Å². The van der Waals surface area contributed by atoms with Crippen LogP contribution in [0.2, 0.25) is 0 Å². The molecule has 28 heavy (non-hydrogen) atoms. The Morgan fingerprint density at radius 1 is 0.964 bits per heavy atom. The average Bonchev–Trinajstić information content (AvgIpc) is 3.06. The molecule has 2 aromatic carbocycles. The third-order valence-electron chi connectivity index (χ3n) is 5.07. The Labute approximate surface area is 160 Å². The second-order valence-electron chi connectivity index (χ2n) is 6.92. The Morgan fingerprint density at radius 3 is 2.32 bits per heavy atom. The van der Waals surface area contributed by atoms with Gasteiger partial charge in [0.05, 0.1) is 11.3 Å². The Bertz CT molecular complexity index is 1190. The van der Waals surface area contributed by atoms with Gasteiger partial charge in [0.15, 0.2) is 11.9 Å². The van der Waals surface area contributed by atoms with Crippen molar-refractivity contribution >= 4 is 10.8 Å². The van der Waals surface area contributed by atoms with E-state index < -0.39 is 11.7 Å². The van der Waals surface area contributed by atoms with Crippen LogP contribution >= 0.6 is 0 Å². The van der Waals surface area contributed by atoms with Crippen LogP contribution in [0.5, 0.6) is 0 Å². The van der Waals surface area contributed by atoms with E-state index in [1.165, 1.54) is 12.1 Å². The number of hydrogen-bond donors (Lipinski definition) is 0. The summed E-state index contributed by atoms with van der Waals surface area (Å²) in [5.41, 5.74) is 2.62. The van der Waals surface area contributed by atoms with E-state index in [1.807, 2.05) is 54.9 Å². The van der Waals surface area contributed by atoms with E-state index in [0.29, 0.717) is 16.9 Å². The van der Waals surface area contributed by atoms with Crippen molar-refractivity contribution in [2.75, 3.05) is 0 Å². The van der Waals surface area contributed by atoms with Crippen molar-refractivity contribution in [1.82, 2.24) is 9.78 Å². The van der Waals surface area contributed by atoms with E-state index >= 15 is 0 Å². The maximum absolute atomic E-state index is 13.7. The SMILES string of the molecule is Cc1c(-c2ccnn2C)cc(C(F)(F)F)cc1-[n+]1cc2ccccc2cc1C. The van der Waals surface area contributed by atoms with Crippen molar-refractivity contribution in [3.8, 4) is 16.9 Å². The van der Waals surface area contributed by atoms with Gasteiger partial charge in [-0.05, 0) is 30.5 Å². The summed E-state index contributed by atoms with van der Waals surface area (Å²) in [7, 11) is 1.73. The van der Waals surface area contributed by atoms with Crippen LogP contribution in [0, 0.1) is 13.8 Å². The molecule has 0 N–H and O–H groups in total. The first-order valence-electron chi connectivity index (χ1n) is 8.87. The Balaban J connectivity index is 2.04. The molecule has 2 heterocycles. The summed E-state index contributed by atoms with van der Waals surface area (Å²) in [6.07, 6.45) is -0.968. The number of fused-ring (bicyclic) bond motifs is 1. The van der Waals surface area contributed by atoms with Gasteiger partial charge in [-0.3, -0.25) is 4.68 Å². The van der Waals surface area contributed by atoms with Gasteiger partial charge in [-0.1, -0.05) is 18.2 Å². The predicted molar refractivity (Wildman–Crippen MR) is 102 cm³/mol. The summed E-state index contributed by atoms with van der Waals surface area (Å²) in [5, 5.41) is 6.13. The summed E-state index contributed by atoms with van der Waals surface area (Å²) in [6, 6.07) is 13.9. The van der Waals surface area contributed by atoms with Crippen LogP contribution in [0.15, 0.2) is 60.9 Å². The minimum Gasteiger partial charge on any atom is -0.268 e. The second-order valence-corrected chi connectivity index (χ2v) is 6.92. The van der Waals surface area contributed by atoms with Crippen LogP contribution in [-0.2, 0) is 13.2 Å². The molecule has 0 atom stereocenters. The van der Waals surface area contributed by atoms with Gasteiger partial charge in [-0.25, -0.2) is 0 Å². The second kappa shape index (κ2) is 6.48. The normalized spacial score (nSPS) is 11.9. The first kappa shape index (κ1) is 18.2. The number of hydrogen-bond acceptors (Lipinski definition) is 1. The van der Waals surface area contributed by atoms with Crippen molar-refractivity contribution in [2.45, 2.75) is 20.0 Å². The van der Waals surface area contributed by atoms with Gasteiger partial charge in [0.25, 0.3) is 0 Å². The molecule has 0 aliphatic heterocycles. The van der Waals surface area contributed by atoms with Crippen molar-refractivity contribution in [3.05, 3.63) is 77.7 Å². The summed E-state index contributed by atoms with van der Waals surface area (Å²) in [6.45, 7) is 3.75. The van der Waals surface area contributed by atoms with Crippen LogP contribution in [0.1, 0.15) is 16.8 Å². The standard InChI is InChI=1S/C22H19F3N3/c1-14-10-16-6-4-5-7-17(16)13-28(14)21-12-18(22(23,24)25)11-19(15(21)2)20-8-9-26-27(20)3/h4-13H,1-3H3/q+1. The van der Waals surface area contributed by atoms with Crippen LogP contribution in [0.3, 0.4) is 0 Å². The zero-order valence-corrected chi connectivity index (χ0v) is 15.7. The predicted octanol–water partition coefficient (Wildman–Crippen LogP) is 5.15. The molecule has 0 aliphatic carbocycles. The van der Waals surface area contributed by atoms with E-state index in [9.17, 15) is 13.2 Å². The molecular formula is C22H19F3N3+. The van der Waals surface area contributed by atoms with E-state index in [-0.39, 0.29) is 0 Å². The third-order valence-corrected chi connectivity index (χ3v) is 5.07. The Kier molecular flexibility index (Phi) is 4.22.